The van der Waals surface area contributed by atoms with Crippen molar-refractivity contribution in [2.24, 2.45) is 0 Å². The minimum Gasteiger partial charge on any atom is -0.493 e. The molecule has 5 heteroatoms. The lowest BCUT2D eigenvalue weighted by Crippen LogP contribution is -2.23. The van der Waals surface area contributed by atoms with E-state index in [0.717, 1.165) is 25.5 Å². The molecule has 0 unspecified atom stereocenters. The predicted octanol–water partition coefficient (Wildman–Crippen LogP) is 3.86. The second kappa shape index (κ2) is 7.38. The smallest absolute Gasteiger partial charge is 0.419 e. The van der Waals surface area contributed by atoms with E-state index in [1.807, 2.05) is 0 Å². The number of unbranched alkanes of at least 4 members (excludes halogenated alkanes) is 1. The number of hydrogen-bond acceptors (Lipinski definition) is 2. The summed E-state index contributed by atoms with van der Waals surface area (Å²) in [4.78, 5) is 0. The average molecular weight is 275 g/mol. The Morgan fingerprint density at radius 2 is 1.84 bits per heavy atom. The van der Waals surface area contributed by atoms with Gasteiger partial charge in [0, 0.05) is 6.04 Å². The molecule has 0 aromatic heterocycles. The highest BCUT2D eigenvalue weighted by Crippen LogP contribution is 2.35. The Morgan fingerprint density at radius 3 is 2.47 bits per heavy atom. The van der Waals surface area contributed by atoms with Crippen molar-refractivity contribution in [1.82, 2.24) is 5.32 Å². The van der Waals surface area contributed by atoms with Crippen molar-refractivity contribution in [3.05, 3.63) is 29.8 Å². The van der Waals surface area contributed by atoms with E-state index in [9.17, 15) is 13.2 Å². The molecule has 0 aliphatic carbocycles. The molecule has 108 valence electrons. The third-order valence-corrected chi connectivity index (χ3v) is 2.57. The molecule has 0 bridgehead atoms. The van der Waals surface area contributed by atoms with Crippen LogP contribution in [0, 0.1) is 0 Å². The maximum atomic E-state index is 12.7. The third kappa shape index (κ3) is 5.96. The molecule has 0 aliphatic heterocycles. The van der Waals surface area contributed by atoms with Gasteiger partial charge in [0.2, 0.25) is 0 Å². The molecule has 0 spiro atoms. The third-order valence-electron chi connectivity index (χ3n) is 2.57. The monoisotopic (exact) mass is 275 g/mol. The summed E-state index contributed by atoms with van der Waals surface area (Å²) in [6.07, 6.45) is -2.76. The molecule has 0 aliphatic rings. The first kappa shape index (κ1) is 15.8. The quantitative estimate of drug-likeness (QED) is 0.763. The lowest BCUT2D eigenvalue weighted by molar-refractivity contribution is -0.138. The Kier molecular flexibility index (Phi) is 6.15. The van der Waals surface area contributed by atoms with Crippen molar-refractivity contribution >= 4 is 0 Å². The van der Waals surface area contributed by atoms with Crippen LogP contribution in [-0.2, 0) is 6.18 Å². The van der Waals surface area contributed by atoms with Crippen LogP contribution < -0.4 is 10.1 Å². The molecule has 0 saturated carbocycles. The van der Waals surface area contributed by atoms with Crippen LogP contribution in [0.1, 0.15) is 32.3 Å². The molecule has 0 fully saturated rings. The van der Waals surface area contributed by atoms with Crippen LogP contribution in [-0.4, -0.2) is 19.2 Å². The second-order valence-electron chi connectivity index (χ2n) is 4.66. The highest BCUT2D eigenvalue weighted by atomic mass is 19.4. The lowest BCUT2D eigenvalue weighted by Gasteiger charge is -2.13. The van der Waals surface area contributed by atoms with E-state index in [4.69, 9.17) is 4.74 Å². The van der Waals surface area contributed by atoms with E-state index in [-0.39, 0.29) is 5.75 Å². The number of ether oxygens (including phenoxy) is 1. The number of nitrogens with one attached hydrogen (secondary N) is 1. The van der Waals surface area contributed by atoms with Gasteiger partial charge in [0.05, 0.1) is 12.2 Å². The number of para-hydroxylation sites is 1. The minimum absolute atomic E-state index is 0.0909. The van der Waals surface area contributed by atoms with Crippen LogP contribution in [0.4, 0.5) is 13.2 Å². The molecule has 0 heterocycles. The standard InChI is InChI=1S/C14H20F3NO/c1-11(2)18-9-5-6-10-19-13-8-4-3-7-12(13)14(15,16)17/h3-4,7-8,11,18H,5-6,9-10H2,1-2H3. The van der Waals surface area contributed by atoms with Gasteiger partial charge in [0.25, 0.3) is 0 Å². The lowest BCUT2D eigenvalue weighted by atomic mass is 10.2. The summed E-state index contributed by atoms with van der Waals surface area (Å²) in [5.41, 5.74) is -0.713. The Bertz CT molecular complexity index is 377. The Labute approximate surface area is 112 Å². The molecular weight excluding hydrogens is 255 g/mol. The summed E-state index contributed by atoms with van der Waals surface area (Å²) < 4.78 is 43.3. The van der Waals surface area contributed by atoms with E-state index in [2.05, 4.69) is 19.2 Å². The fourth-order valence-electron chi connectivity index (χ4n) is 1.63. The van der Waals surface area contributed by atoms with Crippen LogP contribution in [0.2, 0.25) is 0 Å². The van der Waals surface area contributed by atoms with Crippen molar-refractivity contribution in [3.63, 3.8) is 0 Å². The zero-order chi connectivity index (χ0) is 14.3. The van der Waals surface area contributed by atoms with E-state index in [1.165, 1.54) is 12.1 Å². The molecule has 0 saturated heterocycles. The first-order valence-corrected chi connectivity index (χ1v) is 6.43. The maximum Gasteiger partial charge on any atom is 0.419 e. The molecule has 1 N–H and O–H groups in total. The minimum atomic E-state index is -4.37. The van der Waals surface area contributed by atoms with Crippen LogP contribution in [0.3, 0.4) is 0 Å². The molecular formula is C14H20F3NO. The second-order valence-corrected chi connectivity index (χ2v) is 4.66. The zero-order valence-electron chi connectivity index (χ0n) is 11.3. The molecule has 1 aromatic rings. The Balaban J connectivity index is 2.37. The summed E-state index contributed by atoms with van der Waals surface area (Å²) in [6, 6.07) is 5.73. The fraction of sp³-hybridized carbons (Fsp3) is 0.571. The van der Waals surface area contributed by atoms with Gasteiger partial charge in [-0.2, -0.15) is 13.2 Å². The van der Waals surface area contributed by atoms with Crippen molar-refractivity contribution < 1.29 is 17.9 Å². The predicted molar refractivity (Wildman–Crippen MR) is 69.3 cm³/mol. The largest absolute Gasteiger partial charge is 0.493 e. The topological polar surface area (TPSA) is 21.3 Å². The number of benzene rings is 1. The van der Waals surface area contributed by atoms with Gasteiger partial charge >= 0.3 is 6.18 Å². The fourth-order valence-corrected chi connectivity index (χ4v) is 1.63. The van der Waals surface area contributed by atoms with Gasteiger partial charge in [-0.05, 0) is 31.5 Å². The van der Waals surface area contributed by atoms with Crippen LogP contribution in [0.25, 0.3) is 0 Å². The van der Waals surface area contributed by atoms with Crippen LogP contribution >= 0.6 is 0 Å². The average Bonchev–Trinajstić information content (AvgIpc) is 2.32. The highest BCUT2D eigenvalue weighted by molar-refractivity contribution is 5.35. The van der Waals surface area contributed by atoms with Crippen LogP contribution in [0.15, 0.2) is 24.3 Å². The van der Waals surface area contributed by atoms with Crippen molar-refractivity contribution in [2.45, 2.75) is 38.9 Å². The molecule has 0 radical (unpaired) electrons. The first-order chi connectivity index (χ1) is 8.91. The van der Waals surface area contributed by atoms with Crippen molar-refractivity contribution in [2.75, 3.05) is 13.2 Å². The van der Waals surface area contributed by atoms with E-state index in [1.54, 1.807) is 6.07 Å². The highest BCUT2D eigenvalue weighted by Gasteiger charge is 2.33. The molecule has 19 heavy (non-hydrogen) atoms. The normalized spacial score (nSPS) is 11.9. The SMILES string of the molecule is CC(C)NCCCCOc1ccccc1C(F)(F)F. The van der Waals surface area contributed by atoms with Gasteiger partial charge in [0.15, 0.2) is 0 Å². The summed E-state index contributed by atoms with van der Waals surface area (Å²) in [7, 11) is 0. The van der Waals surface area contributed by atoms with Gasteiger partial charge in [-0.25, -0.2) is 0 Å². The number of alkyl halides is 3. The van der Waals surface area contributed by atoms with E-state index in [0.29, 0.717) is 12.6 Å². The molecule has 1 rings (SSSR count). The van der Waals surface area contributed by atoms with E-state index < -0.39 is 11.7 Å². The summed E-state index contributed by atoms with van der Waals surface area (Å²) in [6.45, 7) is 5.25. The zero-order valence-corrected chi connectivity index (χ0v) is 11.3. The van der Waals surface area contributed by atoms with Crippen molar-refractivity contribution in [1.29, 1.82) is 0 Å². The van der Waals surface area contributed by atoms with E-state index >= 15 is 0 Å². The molecule has 0 amide bonds. The van der Waals surface area contributed by atoms with Gasteiger partial charge in [-0.1, -0.05) is 26.0 Å². The summed E-state index contributed by atoms with van der Waals surface area (Å²) >= 11 is 0. The van der Waals surface area contributed by atoms with Gasteiger partial charge in [-0.3, -0.25) is 0 Å². The maximum absolute atomic E-state index is 12.7. The van der Waals surface area contributed by atoms with Gasteiger partial charge in [0.1, 0.15) is 5.75 Å². The summed E-state index contributed by atoms with van der Waals surface area (Å²) in [5.74, 6) is -0.0909. The Morgan fingerprint density at radius 1 is 1.16 bits per heavy atom. The number of rotatable bonds is 7. The summed E-state index contributed by atoms with van der Waals surface area (Å²) in [5, 5.41) is 3.24. The van der Waals surface area contributed by atoms with Crippen LogP contribution in [0.5, 0.6) is 5.75 Å². The Hall–Kier alpha value is -1.23. The van der Waals surface area contributed by atoms with Crippen molar-refractivity contribution in [3.8, 4) is 5.75 Å². The van der Waals surface area contributed by atoms with Gasteiger partial charge < -0.3 is 10.1 Å². The molecule has 1 aromatic carbocycles. The number of hydrogen-bond donors (Lipinski definition) is 1. The first-order valence-electron chi connectivity index (χ1n) is 6.43. The number of halogens is 3. The molecule has 2 nitrogen and oxygen atoms in total. The van der Waals surface area contributed by atoms with Gasteiger partial charge in [-0.15, -0.1) is 0 Å². The molecule has 0 atom stereocenters.